The van der Waals surface area contributed by atoms with E-state index in [0.29, 0.717) is 6.54 Å². The smallest absolute Gasteiger partial charge is 0.179 e. The number of pyridine rings is 2. The second-order valence-electron chi connectivity index (χ2n) is 5.79. The predicted octanol–water partition coefficient (Wildman–Crippen LogP) is 2.88. The summed E-state index contributed by atoms with van der Waals surface area (Å²) in [5, 5.41) is 12.7. The molecule has 5 aromatic rings. The van der Waals surface area contributed by atoms with Crippen LogP contribution in [0.1, 0.15) is 4.88 Å². The van der Waals surface area contributed by atoms with Crippen LogP contribution in [-0.2, 0) is 13.6 Å². The highest BCUT2D eigenvalue weighted by molar-refractivity contribution is 7.19. The lowest BCUT2D eigenvalue weighted by molar-refractivity contribution is 0.671. The zero-order chi connectivity index (χ0) is 16.8. The molecule has 0 atom stereocenters. The quantitative estimate of drug-likeness (QED) is 0.502. The molecule has 0 saturated carbocycles. The van der Waals surface area contributed by atoms with Gasteiger partial charge in [-0.2, -0.15) is 5.10 Å². The number of thiophene rings is 1. The van der Waals surface area contributed by atoms with Crippen LogP contribution in [0.3, 0.4) is 0 Å². The van der Waals surface area contributed by atoms with E-state index in [4.69, 9.17) is 4.98 Å². The van der Waals surface area contributed by atoms with Crippen LogP contribution in [-0.4, -0.2) is 34.7 Å². The first-order valence-corrected chi connectivity index (χ1v) is 8.61. The first-order valence-electron chi connectivity index (χ1n) is 7.79. The zero-order valence-corrected chi connectivity index (χ0v) is 14.2. The normalized spacial score (nSPS) is 11.6. The lowest BCUT2D eigenvalue weighted by Gasteiger charge is -2.01. The third-order valence-electron chi connectivity index (χ3n) is 4.00. The predicted molar refractivity (Wildman–Crippen MR) is 96.2 cm³/mol. The third kappa shape index (κ3) is 2.47. The molecular weight excluding hydrogens is 334 g/mol. The van der Waals surface area contributed by atoms with E-state index < -0.39 is 0 Å². The molecule has 0 fully saturated rings. The minimum atomic E-state index is 0.626. The summed E-state index contributed by atoms with van der Waals surface area (Å²) in [6.07, 6.45) is 5.56. The summed E-state index contributed by atoms with van der Waals surface area (Å²) in [4.78, 5) is 10.3. The van der Waals surface area contributed by atoms with E-state index in [1.165, 1.54) is 9.58 Å². The summed E-state index contributed by atoms with van der Waals surface area (Å²) >= 11 is 1.72. The minimum absolute atomic E-state index is 0.626. The van der Waals surface area contributed by atoms with Gasteiger partial charge in [-0.15, -0.1) is 16.4 Å². The van der Waals surface area contributed by atoms with Gasteiger partial charge in [-0.1, -0.05) is 5.21 Å². The van der Waals surface area contributed by atoms with Crippen LogP contribution in [0.2, 0.25) is 0 Å². The Morgan fingerprint density at radius 2 is 2.12 bits per heavy atom. The molecule has 0 N–H and O–H groups in total. The Hall–Kier alpha value is -3.13. The summed E-state index contributed by atoms with van der Waals surface area (Å²) in [5.74, 6) is 0. The third-order valence-corrected chi connectivity index (χ3v) is 5.08. The van der Waals surface area contributed by atoms with Crippen molar-refractivity contribution >= 4 is 32.7 Å². The zero-order valence-electron chi connectivity index (χ0n) is 13.4. The molecule has 0 aliphatic rings. The number of rotatable bonds is 3. The van der Waals surface area contributed by atoms with E-state index in [1.807, 2.05) is 42.3 Å². The van der Waals surface area contributed by atoms with Crippen molar-refractivity contribution in [3.8, 4) is 11.3 Å². The first kappa shape index (κ1) is 14.2. The van der Waals surface area contributed by atoms with E-state index in [2.05, 4.69) is 32.5 Å². The number of nitrogens with zero attached hydrogens (tertiary/aromatic N) is 7. The number of aryl methyl sites for hydroxylation is 1. The molecule has 5 heterocycles. The highest BCUT2D eigenvalue weighted by atomic mass is 32.1. The molecule has 0 amide bonds. The second kappa shape index (κ2) is 5.45. The molecule has 0 spiro atoms. The lowest BCUT2D eigenvalue weighted by Crippen LogP contribution is -2.01. The summed E-state index contributed by atoms with van der Waals surface area (Å²) in [6, 6.07) is 10.0. The van der Waals surface area contributed by atoms with Crippen LogP contribution in [0.25, 0.3) is 32.6 Å². The first-order chi connectivity index (χ1) is 12.3. The summed E-state index contributed by atoms with van der Waals surface area (Å²) in [6.45, 7) is 0.626. The van der Waals surface area contributed by atoms with Crippen LogP contribution in [0.4, 0.5) is 0 Å². The fraction of sp³-hybridized carbons (Fsp3) is 0.118. The van der Waals surface area contributed by atoms with E-state index in [0.717, 1.165) is 27.9 Å². The fourth-order valence-electron chi connectivity index (χ4n) is 2.82. The van der Waals surface area contributed by atoms with Crippen molar-refractivity contribution in [1.82, 2.24) is 34.7 Å². The molecule has 0 radical (unpaired) electrons. The summed E-state index contributed by atoms with van der Waals surface area (Å²) < 4.78 is 4.77. The van der Waals surface area contributed by atoms with E-state index in [9.17, 15) is 0 Å². The van der Waals surface area contributed by atoms with Crippen LogP contribution in [0.5, 0.6) is 0 Å². The van der Waals surface area contributed by atoms with E-state index >= 15 is 0 Å². The number of aromatic nitrogens is 7. The van der Waals surface area contributed by atoms with Gasteiger partial charge in [0.15, 0.2) is 5.65 Å². The van der Waals surface area contributed by atoms with Gasteiger partial charge in [0.2, 0.25) is 0 Å². The highest BCUT2D eigenvalue weighted by Gasteiger charge is 2.11. The van der Waals surface area contributed by atoms with Crippen molar-refractivity contribution in [2.75, 3.05) is 0 Å². The Balaban J connectivity index is 1.56. The molecule has 5 rings (SSSR count). The Labute approximate surface area is 146 Å². The second-order valence-corrected chi connectivity index (χ2v) is 6.96. The lowest BCUT2D eigenvalue weighted by atomic mass is 10.2. The van der Waals surface area contributed by atoms with Gasteiger partial charge in [-0.05, 0) is 30.3 Å². The largest absolute Gasteiger partial charge is 0.275 e. The molecule has 0 unspecified atom stereocenters. The van der Waals surface area contributed by atoms with Crippen molar-refractivity contribution < 1.29 is 0 Å². The van der Waals surface area contributed by atoms with Crippen molar-refractivity contribution in [2.45, 2.75) is 6.54 Å². The monoisotopic (exact) mass is 347 g/mol. The molecule has 0 aliphatic carbocycles. The van der Waals surface area contributed by atoms with Crippen molar-refractivity contribution in [3.63, 3.8) is 0 Å². The molecule has 7 nitrogen and oxygen atoms in total. The molecule has 25 heavy (non-hydrogen) atoms. The van der Waals surface area contributed by atoms with Gasteiger partial charge in [-0.25, -0.2) is 9.67 Å². The molecule has 122 valence electrons. The number of hydrogen-bond acceptors (Lipinski definition) is 6. The van der Waals surface area contributed by atoms with Gasteiger partial charge < -0.3 is 0 Å². The average molecular weight is 347 g/mol. The maximum atomic E-state index is 4.74. The van der Waals surface area contributed by atoms with Crippen LogP contribution < -0.4 is 0 Å². The molecule has 0 bridgehead atoms. The average Bonchev–Trinajstić information content (AvgIpc) is 3.33. The van der Waals surface area contributed by atoms with Gasteiger partial charge in [0.05, 0.1) is 28.7 Å². The van der Waals surface area contributed by atoms with E-state index in [-0.39, 0.29) is 0 Å². The van der Waals surface area contributed by atoms with Gasteiger partial charge in [0.1, 0.15) is 5.52 Å². The molecule has 0 aliphatic heterocycles. The fourth-order valence-corrected chi connectivity index (χ4v) is 3.82. The molecule has 0 aromatic carbocycles. The molecule has 0 saturated heterocycles. The number of fused-ring (bicyclic) bond motifs is 2. The minimum Gasteiger partial charge on any atom is -0.275 e. The van der Waals surface area contributed by atoms with Crippen molar-refractivity contribution in [2.24, 2.45) is 7.05 Å². The molecule has 8 heteroatoms. The SMILES string of the molecule is Cn1cc(-c2ccc3nnn(Cc4cc5ncccc5s4)c3n2)cn1. The van der Waals surface area contributed by atoms with Gasteiger partial charge in [0.25, 0.3) is 0 Å². The van der Waals surface area contributed by atoms with Gasteiger partial charge >= 0.3 is 0 Å². The summed E-state index contributed by atoms with van der Waals surface area (Å²) in [5.41, 5.74) is 4.40. The Morgan fingerprint density at radius 1 is 1.16 bits per heavy atom. The maximum Gasteiger partial charge on any atom is 0.179 e. The van der Waals surface area contributed by atoms with Crippen molar-refractivity contribution in [3.05, 3.63) is 53.8 Å². The number of hydrogen-bond donors (Lipinski definition) is 0. The summed E-state index contributed by atoms with van der Waals surface area (Å²) in [7, 11) is 1.89. The van der Waals surface area contributed by atoms with Crippen molar-refractivity contribution in [1.29, 1.82) is 0 Å². The Bertz CT molecular complexity index is 1170. The standard InChI is InChI=1S/C17H13N7S/c1-23-9-11(8-19-23)13-4-5-14-17(20-13)24(22-21-14)10-12-7-15-16(25-12)3-2-6-18-15/h2-9H,10H2,1H3. The molecule has 5 aromatic heterocycles. The Morgan fingerprint density at radius 3 is 2.96 bits per heavy atom. The van der Waals surface area contributed by atoms with E-state index in [1.54, 1.807) is 22.2 Å². The van der Waals surface area contributed by atoms with Crippen LogP contribution >= 0.6 is 11.3 Å². The van der Waals surface area contributed by atoms with Gasteiger partial charge in [-0.3, -0.25) is 9.67 Å². The van der Waals surface area contributed by atoms with Gasteiger partial charge in [0, 0.05) is 29.9 Å². The Kier molecular flexibility index (Phi) is 3.10. The topological polar surface area (TPSA) is 74.3 Å². The van der Waals surface area contributed by atoms with Crippen LogP contribution in [0.15, 0.2) is 48.9 Å². The van der Waals surface area contributed by atoms with Crippen LogP contribution in [0, 0.1) is 0 Å². The molecular formula is C17H13N7S. The maximum absolute atomic E-state index is 4.74. The highest BCUT2D eigenvalue weighted by Crippen LogP contribution is 2.25.